The van der Waals surface area contributed by atoms with Crippen LogP contribution >= 0.6 is 0 Å². The second-order valence-electron chi connectivity index (χ2n) is 6.55. The van der Waals surface area contributed by atoms with Crippen LogP contribution in [0.25, 0.3) is 0 Å². The lowest BCUT2D eigenvalue weighted by Crippen LogP contribution is -2.41. The van der Waals surface area contributed by atoms with Crippen molar-refractivity contribution in [2.75, 3.05) is 10.6 Å². The molecule has 0 saturated heterocycles. The van der Waals surface area contributed by atoms with E-state index in [0.717, 1.165) is 35.3 Å². The number of carbonyl (C=O) groups is 2. The van der Waals surface area contributed by atoms with Gasteiger partial charge in [0.2, 0.25) is 11.8 Å². The highest BCUT2D eigenvalue weighted by atomic mass is 16.2. The number of hydrogen-bond donors (Lipinski definition) is 2. The quantitative estimate of drug-likeness (QED) is 0.766. The molecule has 2 amide bonds. The average Bonchev–Trinajstić information content (AvgIpc) is 2.62. The maximum atomic E-state index is 12.7. The van der Waals surface area contributed by atoms with Crippen LogP contribution in [0.1, 0.15) is 38.8 Å². The van der Waals surface area contributed by atoms with Crippen LogP contribution in [0.4, 0.5) is 11.4 Å². The molecule has 4 heteroatoms. The van der Waals surface area contributed by atoms with E-state index in [9.17, 15) is 9.59 Å². The van der Waals surface area contributed by atoms with Crippen molar-refractivity contribution < 1.29 is 9.59 Å². The predicted molar refractivity (Wildman–Crippen MR) is 103 cm³/mol. The molecule has 0 spiro atoms. The smallest absolute Gasteiger partial charge is 0.239 e. The summed E-state index contributed by atoms with van der Waals surface area (Å²) in [4.78, 5) is 25.4. The third-order valence-corrected chi connectivity index (χ3v) is 4.43. The van der Waals surface area contributed by atoms with Crippen LogP contribution in [0.5, 0.6) is 0 Å². The van der Waals surface area contributed by atoms with Crippen LogP contribution < -0.4 is 10.6 Å². The number of hydrogen-bond acceptors (Lipinski definition) is 2. The van der Waals surface area contributed by atoms with Crippen LogP contribution in [-0.2, 0) is 22.4 Å². The molecule has 0 radical (unpaired) electrons. The number of nitrogens with one attached hydrogen (secondary N) is 2. The molecule has 132 valence electrons. The SMILES string of the molecule is CCc1ccccc1NC(=O)C(C)(C)C(=O)Nc1ccccc1CC. The Kier molecular flexibility index (Phi) is 5.97. The summed E-state index contributed by atoms with van der Waals surface area (Å²) in [6.45, 7) is 7.34. The van der Waals surface area contributed by atoms with E-state index in [-0.39, 0.29) is 11.8 Å². The van der Waals surface area contributed by atoms with Gasteiger partial charge >= 0.3 is 0 Å². The summed E-state index contributed by atoms with van der Waals surface area (Å²) in [5, 5.41) is 5.79. The van der Waals surface area contributed by atoms with Gasteiger partial charge in [-0.15, -0.1) is 0 Å². The van der Waals surface area contributed by atoms with Crippen LogP contribution in [0.3, 0.4) is 0 Å². The van der Waals surface area contributed by atoms with Gasteiger partial charge in [-0.3, -0.25) is 9.59 Å². The summed E-state index contributed by atoms with van der Waals surface area (Å²) in [5.41, 5.74) is 2.41. The van der Waals surface area contributed by atoms with E-state index in [0.29, 0.717) is 0 Å². The molecule has 0 aliphatic rings. The molecule has 0 atom stereocenters. The first-order valence-electron chi connectivity index (χ1n) is 8.68. The van der Waals surface area contributed by atoms with Crippen molar-refractivity contribution >= 4 is 23.2 Å². The fourth-order valence-corrected chi connectivity index (χ4v) is 2.56. The molecule has 0 unspecified atom stereocenters. The minimum Gasteiger partial charge on any atom is -0.325 e. The largest absolute Gasteiger partial charge is 0.325 e. The zero-order valence-electron chi connectivity index (χ0n) is 15.3. The Balaban J connectivity index is 2.16. The summed E-state index contributed by atoms with van der Waals surface area (Å²) in [5.74, 6) is -0.639. The first kappa shape index (κ1) is 18.7. The fourth-order valence-electron chi connectivity index (χ4n) is 2.56. The predicted octanol–water partition coefficient (Wildman–Crippen LogP) is 4.41. The second-order valence-corrected chi connectivity index (χ2v) is 6.55. The van der Waals surface area contributed by atoms with Gasteiger partial charge in [0, 0.05) is 11.4 Å². The molecule has 2 aromatic rings. The highest BCUT2D eigenvalue weighted by molar-refractivity contribution is 6.14. The number of rotatable bonds is 6. The van der Waals surface area contributed by atoms with Gasteiger partial charge in [0.15, 0.2) is 0 Å². The van der Waals surface area contributed by atoms with E-state index in [4.69, 9.17) is 0 Å². The zero-order chi connectivity index (χ0) is 18.4. The van der Waals surface area contributed by atoms with Gasteiger partial charge < -0.3 is 10.6 Å². The third-order valence-electron chi connectivity index (χ3n) is 4.43. The summed E-state index contributed by atoms with van der Waals surface area (Å²) < 4.78 is 0. The molecule has 0 bridgehead atoms. The molecule has 0 saturated carbocycles. The van der Waals surface area contributed by atoms with E-state index >= 15 is 0 Å². The first-order chi connectivity index (χ1) is 11.9. The van der Waals surface area contributed by atoms with Crippen LogP contribution in [0.2, 0.25) is 0 Å². The van der Waals surface area contributed by atoms with Gasteiger partial charge in [-0.25, -0.2) is 0 Å². The Hall–Kier alpha value is -2.62. The Morgan fingerprint density at radius 2 is 1.12 bits per heavy atom. The Morgan fingerprint density at radius 1 is 0.760 bits per heavy atom. The number of carbonyl (C=O) groups excluding carboxylic acids is 2. The lowest BCUT2D eigenvalue weighted by atomic mass is 9.90. The van der Waals surface area contributed by atoms with Crippen molar-refractivity contribution in [3.63, 3.8) is 0 Å². The lowest BCUT2D eigenvalue weighted by molar-refractivity contribution is -0.135. The molecular formula is C21H26N2O2. The molecule has 0 fully saturated rings. The summed E-state index contributed by atoms with van der Waals surface area (Å²) in [7, 11) is 0. The second kappa shape index (κ2) is 7.97. The number of anilines is 2. The van der Waals surface area contributed by atoms with Crippen molar-refractivity contribution in [2.24, 2.45) is 5.41 Å². The zero-order valence-corrected chi connectivity index (χ0v) is 15.3. The number of aryl methyl sites for hydroxylation is 2. The highest BCUT2D eigenvalue weighted by Crippen LogP contribution is 2.25. The molecule has 25 heavy (non-hydrogen) atoms. The minimum atomic E-state index is -1.19. The van der Waals surface area contributed by atoms with Crippen LogP contribution in [-0.4, -0.2) is 11.8 Å². The van der Waals surface area contributed by atoms with E-state index in [1.807, 2.05) is 62.4 Å². The van der Waals surface area contributed by atoms with E-state index < -0.39 is 5.41 Å². The van der Waals surface area contributed by atoms with Crippen LogP contribution in [0.15, 0.2) is 48.5 Å². The first-order valence-corrected chi connectivity index (χ1v) is 8.68. The third kappa shape index (κ3) is 4.27. The molecule has 4 nitrogen and oxygen atoms in total. The number of amides is 2. The van der Waals surface area contributed by atoms with Crippen molar-refractivity contribution in [1.82, 2.24) is 0 Å². The molecule has 2 rings (SSSR count). The topological polar surface area (TPSA) is 58.2 Å². The van der Waals surface area contributed by atoms with Gasteiger partial charge in [0.1, 0.15) is 5.41 Å². The van der Waals surface area contributed by atoms with Crippen LogP contribution in [0, 0.1) is 5.41 Å². The molecule has 0 aromatic heterocycles. The maximum absolute atomic E-state index is 12.7. The van der Waals surface area contributed by atoms with Gasteiger partial charge in [0.05, 0.1) is 0 Å². The molecular weight excluding hydrogens is 312 g/mol. The van der Waals surface area contributed by atoms with E-state index in [1.54, 1.807) is 13.8 Å². The van der Waals surface area contributed by atoms with Crippen molar-refractivity contribution in [2.45, 2.75) is 40.5 Å². The summed E-state index contributed by atoms with van der Waals surface area (Å²) in [6, 6.07) is 15.3. The van der Waals surface area contributed by atoms with E-state index in [1.165, 1.54) is 0 Å². The van der Waals surface area contributed by atoms with Gasteiger partial charge in [-0.2, -0.15) is 0 Å². The van der Waals surface area contributed by atoms with Gasteiger partial charge in [0.25, 0.3) is 0 Å². The highest BCUT2D eigenvalue weighted by Gasteiger charge is 2.36. The monoisotopic (exact) mass is 338 g/mol. The van der Waals surface area contributed by atoms with Crippen molar-refractivity contribution in [1.29, 1.82) is 0 Å². The number of para-hydroxylation sites is 2. The fraction of sp³-hybridized carbons (Fsp3) is 0.333. The van der Waals surface area contributed by atoms with Crippen molar-refractivity contribution in [3.05, 3.63) is 59.7 Å². The number of benzene rings is 2. The maximum Gasteiger partial charge on any atom is 0.239 e. The normalized spacial score (nSPS) is 11.0. The standard InChI is InChI=1S/C21H26N2O2/c1-5-15-11-7-9-13-17(15)22-19(24)21(3,4)20(25)23-18-14-10-8-12-16(18)6-2/h7-14H,5-6H2,1-4H3,(H,22,24)(H,23,25). The molecule has 0 heterocycles. The van der Waals surface area contributed by atoms with Gasteiger partial charge in [-0.05, 0) is 49.9 Å². The Morgan fingerprint density at radius 3 is 1.48 bits per heavy atom. The van der Waals surface area contributed by atoms with Crippen molar-refractivity contribution in [3.8, 4) is 0 Å². The molecule has 2 aromatic carbocycles. The molecule has 0 aliphatic heterocycles. The molecule has 2 N–H and O–H groups in total. The Bertz CT molecular complexity index is 702. The average molecular weight is 338 g/mol. The van der Waals surface area contributed by atoms with Gasteiger partial charge in [-0.1, -0.05) is 50.2 Å². The minimum absolute atomic E-state index is 0.320. The molecule has 0 aliphatic carbocycles. The lowest BCUT2D eigenvalue weighted by Gasteiger charge is -2.24. The summed E-state index contributed by atoms with van der Waals surface area (Å²) >= 11 is 0. The summed E-state index contributed by atoms with van der Waals surface area (Å²) in [6.07, 6.45) is 1.62. The Labute approximate surface area is 149 Å². The van der Waals surface area contributed by atoms with E-state index in [2.05, 4.69) is 10.6 Å².